The van der Waals surface area contributed by atoms with E-state index in [1.807, 2.05) is 6.92 Å². The summed E-state index contributed by atoms with van der Waals surface area (Å²) in [5, 5.41) is 8.14. The zero-order valence-electron chi connectivity index (χ0n) is 17.9. The Hall–Kier alpha value is -2.69. The highest BCUT2D eigenvalue weighted by Gasteiger charge is 2.14. The Kier molecular flexibility index (Phi) is 6.12. The van der Waals surface area contributed by atoms with Gasteiger partial charge in [-0.05, 0) is 57.7 Å². The highest BCUT2D eigenvalue weighted by molar-refractivity contribution is 5.38. The van der Waals surface area contributed by atoms with Crippen LogP contribution in [0.1, 0.15) is 52.4 Å². The van der Waals surface area contributed by atoms with Crippen LogP contribution in [0.5, 0.6) is 0 Å². The van der Waals surface area contributed by atoms with Gasteiger partial charge in [0.05, 0.1) is 11.4 Å². The van der Waals surface area contributed by atoms with Crippen molar-refractivity contribution in [3.63, 3.8) is 0 Å². The van der Waals surface area contributed by atoms with Gasteiger partial charge in [-0.1, -0.05) is 31.2 Å². The summed E-state index contributed by atoms with van der Waals surface area (Å²) >= 11 is 0. The summed E-state index contributed by atoms with van der Waals surface area (Å²) < 4.78 is 2.10. The fraction of sp³-hybridized carbons (Fsp3) is 0.435. The Labute approximate surface area is 168 Å². The highest BCUT2D eigenvalue weighted by atomic mass is 15.3. The second-order valence-electron chi connectivity index (χ2n) is 7.71. The van der Waals surface area contributed by atoms with Crippen LogP contribution in [0, 0.1) is 34.6 Å². The lowest BCUT2D eigenvalue weighted by Gasteiger charge is -2.15. The molecule has 5 nitrogen and oxygen atoms in total. The van der Waals surface area contributed by atoms with Crippen LogP contribution < -0.4 is 5.32 Å². The van der Waals surface area contributed by atoms with Crippen LogP contribution in [0.15, 0.2) is 30.3 Å². The zero-order valence-corrected chi connectivity index (χ0v) is 17.9. The van der Waals surface area contributed by atoms with E-state index < -0.39 is 0 Å². The van der Waals surface area contributed by atoms with Crippen molar-refractivity contribution in [3.8, 4) is 0 Å². The summed E-state index contributed by atoms with van der Waals surface area (Å²) in [6.07, 6.45) is 0.978. The summed E-state index contributed by atoms with van der Waals surface area (Å²) in [5.41, 5.74) is 7.35. The standard InChI is InChI=1S/C23H31N5/c1-15-9-7-8-10-21(15)11-12-24-23-13-22(25-20(6)26-23)16(2)14-28-19(5)17(3)18(4)27-28/h7-10,13,16H,11-12,14H2,1-6H3,(H,24,25,26). The van der Waals surface area contributed by atoms with Crippen LogP contribution in [-0.2, 0) is 13.0 Å². The van der Waals surface area contributed by atoms with Crippen LogP contribution in [0.2, 0.25) is 0 Å². The molecule has 3 aromatic rings. The first-order valence-electron chi connectivity index (χ1n) is 9.99. The molecule has 0 fully saturated rings. The minimum absolute atomic E-state index is 0.260. The van der Waals surface area contributed by atoms with Gasteiger partial charge in [-0.2, -0.15) is 5.10 Å². The number of hydrogen-bond donors (Lipinski definition) is 1. The molecule has 5 heteroatoms. The maximum atomic E-state index is 4.68. The first-order valence-corrected chi connectivity index (χ1v) is 9.99. The summed E-state index contributed by atoms with van der Waals surface area (Å²) in [5.74, 6) is 1.95. The Bertz CT molecular complexity index is 958. The molecule has 1 unspecified atom stereocenters. The van der Waals surface area contributed by atoms with Gasteiger partial charge in [0, 0.05) is 30.8 Å². The summed E-state index contributed by atoms with van der Waals surface area (Å²) in [6, 6.07) is 10.6. The van der Waals surface area contributed by atoms with Crippen LogP contribution in [0.25, 0.3) is 0 Å². The van der Waals surface area contributed by atoms with Crippen molar-refractivity contribution >= 4 is 5.82 Å². The molecule has 2 heterocycles. The molecule has 0 bridgehead atoms. The number of anilines is 1. The van der Waals surface area contributed by atoms with Gasteiger partial charge in [0.1, 0.15) is 11.6 Å². The molecule has 0 aliphatic heterocycles. The van der Waals surface area contributed by atoms with Crippen molar-refractivity contribution in [2.24, 2.45) is 0 Å². The van der Waals surface area contributed by atoms with E-state index in [0.717, 1.165) is 42.5 Å². The average Bonchev–Trinajstić information content (AvgIpc) is 2.89. The van der Waals surface area contributed by atoms with E-state index in [1.54, 1.807) is 0 Å². The first-order chi connectivity index (χ1) is 13.3. The Morgan fingerprint density at radius 3 is 2.46 bits per heavy atom. The van der Waals surface area contributed by atoms with Crippen molar-refractivity contribution in [1.29, 1.82) is 0 Å². The molecule has 148 valence electrons. The predicted octanol–water partition coefficient (Wildman–Crippen LogP) is 4.67. The SMILES string of the molecule is Cc1nc(NCCc2ccccc2C)cc(C(C)Cn2nc(C)c(C)c2C)n1. The molecule has 0 radical (unpaired) electrons. The van der Waals surface area contributed by atoms with E-state index in [0.29, 0.717) is 0 Å². The van der Waals surface area contributed by atoms with E-state index in [4.69, 9.17) is 0 Å². The fourth-order valence-corrected chi connectivity index (χ4v) is 3.47. The van der Waals surface area contributed by atoms with Gasteiger partial charge in [-0.15, -0.1) is 0 Å². The zero-order chi connectivity index (χ0) is 20.3. The van der Waals surface area contributed by atoms with Gasteiger partial charge < -0.3 is 5.32 Å². The first kappa shape index (κ1) is 20.1. The van der Waals surface area contributed by atoms with Gasteiger partial charge in [0.15, 0.2) is 0 Å². The molecule has 0 aliphatic carbocycles. The van der Waals surface area contributed by atoms with Crippen molar-refractivity contribution in [3.05, 3.63) is 69.9 Å². The lowest BCUT2D eigenvalue weighted by Crippen LogP contribution is -2.13. The summed E-state index contributed by atoms with van der Waals surface area (Å²) in [6.45, 7) is 14.3. The second-order valence-corrected chi connectivity index (χ2v) is 7.71. The van der Waals surface area contributed by atoms with E-state index in [2.05, 4.69) is 90.0 Å². The number of aryl methyl sites for hydroxylation is 3. The Balaban J connectivity index is 1.68. The maximum absolute atomic E-state index is 4.68. The number of hydrogen-bond acceptors (Lipinski definition) is 4. The second kappa shape index (κ2) is 8.55. The molecule has 28 heavy (non-hydrogen) atoms. The van der Waals surface area contributed by atoms with Crippen molar-refractivity contribution in [2.75, 3.05) is 11.9 Å². The largest absolute Gasteiger partial charge is 0.370 e. The van der Waals surface area contributed by atoms with Crippen LogP contribution in [0.4, 0.5) is 5.82 Å². The lowest BCUT2D eigenvalue weighted by molar-refractivity contribution is 0.519. The number of nitrogens with zero attached hydrogens (tertiary/aromatic N) is 4. The Morgan fingerprint density at radius 1 is 1.04 bits per heavy atom. The van der Waals surface area contributed by atoms with E-state index in [-0.39, 0.29) is 5.92 Å². The molecule has 0 saturated heterocycles. The number of benzene rings is 1. The monoisotopic (exact) mass is 377 g/mol. The molecular weight excluding hydrogens is 346 g/mol. The quantitative estimate of drug-likeness (QED) is 0.650. The van der Waals surface area contributed by atoms with Crippen molar-refractivity contribution < 1.29 is 0 Å². The van der Waals surface area contributed by atoms with Gasteiger partial charge in [0.2, 0.25) is 0 Å². The van der Waals surface area contributed by atoms with Crippen LogP contribution in [-0.4, -0.2) is 26.3 Å². The maximum Gasteiger partial charge on any atom is 0.129 e. The predicted molar refractivity (Wildman–Crippen MR) is 115 cm³/mol. The third-order valence-corrected chi connectivity index (χ3v) is 5.51. The molecule has 3 rings (SSSR count). The molecular formula is C23H31N5. The molecule has 1 atom stereocenters. The molecule has 0 amide bonds. The molecule has 0 saturated carbocycles. The smallest absolute Gasteiger partial charge is 0.129 e. The van der Waals surface area contributed by atoms with Crippen molar-refractivity contribution in [2.45, 2.75) is 60.4 Å². The lowest BCUT2D eigenvalue weighted by atomic mass is 10.1. The minimum Gasteiger partial charge on any atom is -0.370 e. The van der Waals surface area contributed by atoms with Gasteiger partial charge in [-0.25, -0.2) is 9.97 Å². The average molecular weight is 378 g/mol. The topological polar surface area (TPSA) is 55.6 Å². The van der Waals surface area contributed by atoms with Crippen molar-refractivity contribution in [1.82, 2.24) is 19.7 Å². The van der Waals surface area contributed by atoms with Crippen LogP contribution in [0.3, 0.4) is 0 Å². The van der Waals surface area contributed by atoms with E-state index >= 15 is 0 Å². The minimum atomic E-state index is 0.260. The molecule has 0 spiro atoms. The molecule has 2 aromatic heterocycles. The van der Waals surface area contributed by atoms with E-state index in [9.17, 15) is 0 Å². The van der Waals surface area contributed by atoms with Gasteiger partial charge in [-0.3, -0.25) is 4.68 Å². The fourth-order valence-electron chi connectivity index (χ4n) is 3.47. The summed E-state index contributed by atoms with van der Waals surface area (Å²) in [4.78, 5) is 9.24. The summed E-state index contributed by atoms with van der Waals surface area (Å²) in [7, 11) is 0. The third-order valence-electron chi connectivity index (χ3n) is 5.51. The van der Waals surface area contributed by atoms with Crippen LogP contribution >= 0.6 is 0 Å². The van der Waals surface area contributed by atoms with Gasteiger partial charge in [0.25, 0.3) is 0 Å². The van der Waals surface area contributed by atoms with Gasteiger partial charge >= 0.3 is 0 Å². The number of rotatable bonds is 7. The normalized spacial score (nSPS) is 12.2. The third kappa shape index (κ3) is 4.58. The number of aromatic nitrogens is 4. The molecule has 0 aliphatic rings. The Morgan fingerprint density at radius 2 is 1.79 bits per heavy atom. The molecule has 1 aromatic carbocycles. The number of nitrogens with one attached hydrogen (secondary N) is 1. The van der Waals surface area contributed by atoms with E-state index in [1.165, 1.54) is 22.4 Å². The molecule has 1 N–H and O–H groups in total. The highest BCUT2D eigenvalue weighted by Crippen LogP contribution is 2.21.